The average molecular weight is 614 g/mol. The highest BCUT2D eigenvalue weighted by Gasteiger charge is 2.23. The van der Waals surface area contributed by atoms with Crippen LogP contribution in [0.2, 0.25) is 0 Å². The molecule has 0 fully saturated rings. The van der Waals surface area contributed by atoms with Crippen LogP contribution in [0.3, 0.4) is 0 Å². The second kappa shape index (κ2) is 16.5. The van der Waals surface area contributed by atoms with Crippen molar-refractivity contribution in [3.05, 3.63) is 196 Å². The summed E-state index contributed by atoms with van der Waals surface area (Å²) >= 11 is 0. The van der Waals surface area contributed by atoms with E-state index >= 15 is 0 Å². The van der Waals surface area contributed by atoms with Crippen molar-refractivity contribution in [2.45, 2.75) is 33.6 Å². The lowest BCUT2D eigenvalue weighted by Crippen LogP contribution is -2.09. The van der Waals surface area contributed by atoms with E-state index in [0.717, 1.165) is 12.8 Å². The summed E-state index contributed by atoms with van der Waals surface area (Å²) in [5, 5.41) is 0. The third-order valence-electron chi connectivity index (χ3n) is 8.88. The van der Waals surface area contributed by atoms with E-state index in [1.54, 1.807) is 0 Å². The van der Waals surface area contributed by atoms with E-state index in [-0.39, 0.29) is 5.92 Å². The minimum Gasteiger partial charge on any atom is -0.300 e. The predicted molar refractivity (Wildman–Crippen MR) is 206 cm³/mol. The van der Waals surface area contributed by atoms with Crippen molar-refractivity contribution in [2.24, 2.45) is 22.7 Å². The summed E-state index contributed by atoms with van der Waals surface area (Å²) < 4.78 is 0. The van der Waals surface area contributed by atoms with Gasteiger partial charge in [-0.05, 0) is 100 Å². The van der Waals surface area contributed by atoms with Crippen LogP contribution in [0.4, 0.5) is 0 Å². The Hall–Kier alpha value is -5.01. The average Bonchev–Trinajstić information content (AvgIpc) is 3.10. The number of nitrogens with zero attached hydrogens (tertiary/aromatic N) is 1. The second-order valence-electron chi connectivity index (χ2n) is 12.4. The summed E-state index contributed by atoms with van der Waals surface area (Å²) in [5.74, 6) is 0.792. The first kappa shape index (κ1) is 33.4. The van der Waals surface area contributed by atoms with Crippen LogP contribution < -0.4 is 0 Å². The lowest BCUT2D eigenvalue weighted by atomic mass is 9.78. The molecule has 2 aliphatic rings. The van der Waals surface area contributed by atoms with Crippen LogP contribution in [0, 0.1) is 24.7 Å². The molecule has 1 nitrogen and oxygen atoms in total. The minimum atomic E-state index is 0.0813. The molecule has 47 heavy (non-hydrogen) atoms. The summed E-state index contributed by atoms with van der Waals surface area (Å²) in [4.78, 5) is 4.25. The van der Waals surface area contributed by atoms with Crippen molar-refractivity contribution in [2.75, 3.05) is 7.05 Å². The first-order chi connectivity index (χ1) is 23.0. The first-order valence-electron chi connectivity index (χ1n) is 16.8. The van der Waals surface area contributed by atoms with Crippen LogP contribution in [0.5, 0.6) is 0 Å². The Morgan fingerprint density at radius 2 is 1.68 bits per heavy atom. The van der Waals surface area contributed by atoms with Gasteiger partial charge in [-0.25, -0.2) is 0 Å². The van der Waals surface area contributed by atoms with Gasteiger partial charge in [0.1, 0.15) is 0 Å². The molecule has 0 spiro atoms. The van der Waals surface area contributed by atoms with Crippen LogP contribution in [-0.2, 0) is 6.42 Å². The molecular formula is C46H47N. The van der Waals surface area contributed by atoms with Gasteiger partial charge in [0.2, 0.25) is 0 Å². The molecule has 3 aromatic carbocycles. The molecule has 3 unspecified atom stereocenters. The fourth-order valence-electron chi connectivity index (χ4n) is 6.39. The van der Waals surface area contributed by atoms with Gasteiger partial charge in [-0.1, -0.05) is 147 Å². The summed E-state index contributed by atoms with van der Waals surface area (Å²) in [7, 11) is 1.85. The van der Waals surface area contributed by atoms with Crippen molar-refractivity contribution in [1.29, 1.82) is 0 Å². The molecule has 0 heterocycles. The quantitative estimate of drug-likeness (QED) is 0.116. The molecule has 2 aliphatic carbocycles. The zero-order valence-electron chi connectivity index (χ0n) is 28.3. The fraction of sp³-hybridized carbons (Fsp3) is 0.196. The molecule has 236 valence electrons. The Balaban J connectivity index is 1.66. The van der Waals surface area contributed by atoms with Crippen molar-refractivity contribution in [1.82, 2.24) is 0 Å². The number of rotatable bonds is 11. The summed E-state index contributed by atoms with van der Waals surface area (Å²) in [6, 6.07) is 28.2. The smallest absolute Gasteiger partial charge is 0.0273 e. The van der Waals surface area contributed by atoms with Crippen LogP contribution >= 0.6 is 0 Å². The normalized spacial score (nSPS) is 20.1. The molecule has 0 aromatic heterocycles. The monoisotopic (exact) mass is 613 g/mol. The van der Waals surface area contributed by atoms with Gasteiger partial charge in [0.15, 0.2) is 0 Å². The van der Waals surface area contributed by atoms with Gasteiger partial charge in [0.25, 0.3) is 0 Å². The lowest BCUT2D eigenvalue weighted by Gasteiger charge is -2.25. The maximum atomic E-state index is 4.29. The molecule has 0 N–H and O–H groups in total. The van der Waals surface area contributed by atoms with Gasteiger partial charge in [0.05, 0.1) is 0 Å². The Kier molecular flexibility index (Phi) is 11.7. The highest BCUT2D eigenvalue weighted by molar-refractivity contribution is 5.92. The number of benzene rings is 3. The Labute approximate surface area is 282 Å². The number of hydrogen-bond acceptors (Lipinski definition) is 1. The highest BCUT2D eigenvalue weighted by atomic mass is 14.6. The number of hydrogen-bond donors (Lipinski definition) is 0. The van der Waals surface area contributed by atoms with Gasteiger partial charge in [-0.15, -0.1) is 6.58 Å². The maximum Gasteiger partial charge on any atom is 0.0273 e. The van der Waals surface area contributed by atoms with Crippen molar-refractivity contribution in [3.63, 3.8) is 0 Å². The molecule has 0 radical (unpaired) electrons. The van der Waals surface area contributed by atoms with Gasteiger partial charge in [-0.2, -0.15) is 0 Å². The summed E-state index contributed by atoms with van der Waals surface area (Å²) in [6.07, 6.45) is 31.2. The maximum absolute atomic E-state index is 4.29. The van der Waals surface area contributed by atoms with E-state index in [4.69, 9.17) is 0 Å². The van der Waals surface area contributed by atoms with Gasteiger partial charge >= 0.3 is 0 Å². The Morgan fingerprint density at radius 3 is 2.40 bits per heavy atom. The van der Waals surface area contributed by atoms with E-state index in [1.165, 1.54) is 55.7 Å². The molecule has 0 amide bonds. The molecule has 3 atom stereocenters. The van der Waals surface area contributed by atoms with Crippen LogP contribution in [0.25, 0.3) is 17.7 Å². The topological polar surface area (TPSA) is 12.4 Å². The van der Waals surface area contributed by atoms with Gasteiger partial charge in [-0.3, -0.25) is 0 Å². The third kappa shape index (κ3) is 8.63. The van der Waals surface area contributed by atoms with Gasteiger partial charge in [0, 0.05) is 25.1 Å². The SMILES string of the molecule is C=CC1C=CC(C2=CCC(/C=N/C)C=C2)=C\C1=C(C(/C=C\C)=C/c1ccccc1)\c1ccccc1CC(C)/C=C\c1ccccc1C. The third-order valence-corrected chi connectivity index (χ3v) is 8.88. The molecule has 0 bridgehead atoms. The van der Waals surface area contributed by atoms with E-state index in [0.29, 0.717) is 11.8 Å². The van der Waals surface area contributed by atoms with E-state index in [9.17, 15) is 0 Å². The Bertz CT molecular complexity index is 1830. The van der Waals surface area contributed by atoms with Crippen molar-refractivity contribution < 1.29 is 0 Å². The largest absolute Gasteiger partial charge is 0.300 e. The minimum absolute atomic E-state index is 0.0813. The van der Waals surface area contributed by atoms with E-state index in [1.807, 2.05) is 13.3 Å². The van der Waals surface area contributed by atoms with Crippen LogP contribution in [-0.4, -0.2) is 13.3 Å². The van der Waals surface area contributed by atoms with Crippen molar-refractivity contribution in [3.8, 4) is 0 Å². The van der Waals surface area contributed by atoms with Crippen LogP contribution in [0.15, 0.2) is 173 Å². The van der Waals surface area contributed by atoms with Crippen LogP contribution in [0.1, 0.15) is 48.1 Å². The summed E-state index contributed by atoms with van der Waals surface area (Å²) in [6.45, 7) is 10.9. The Morgan fingerprint density at radius 1 is 0.936 bits per heavy atom. The van der Waals surface area contributed by atoms with E-state index in [2.05, 4.69) is 184 Å². The lowest BCUT2D eigenvalue weighted by molar-refractivity contribution is 0.725. The van der Waals surface area contributed by atoms with Crippen molar-refractivity contribution >= 4 is 23.9 Å². The predicted octanol–water partition coefficient (Wildman–Crippen LogP) is 11.8. The fourth-order valence-corrected chi connectivity index (χ4v) is 6.39. The zero-order valence-corrected chi connectivity index (χ0v) is 28.3. The standard InChI is InChI=1S/C46H47N/c1-6-15-43(31-36-17-9-8-10-18-36)46(45-32-41(29-28-38(45)7-2)40-26-23-37(24-27-40)33-47-5)44-21-14-13-20-42(44)30-34(3)22-25-39-19-12-11-16-35(39)4/h6-23,25-29,31-34,37-38H,2,24,30H2,1,3-5H3/b15-6-,25-22-,43-31+,46-45-,47-33+. The molecule has 1 heteroatoms. The molecule has 3 aromatic rings. The number of aryl methyl sites for hydroxylation is 1. The first-order valence-corrected chi connectivity index (χ1v) is 16.8. The molecular weight excluding hydrogens is 567 g/mol. The molecule has 0 saturated heterocycles. The number of allylic oxidation sites excluding steroid dienone is 15. The number of aliphatic imine (C=N–C) groups is 1. The van der Waals surface area contributed by atoms with Gasteiger partial charge < -0.3 is 4.99 Å². The molecule has 5 rings (SSSR count). The molecule has 0 aliphatic heterocycles. The summed E-state index contributed by atoms with van der Waals surface area (Å²) in [5.41, 5.74) is 12.5. The van der Waals surface area contributed by atoms with E-state index < -0.39 is 0 Å². The molecule has 0 saturated carbocycles. The highest BCUT2D eigenvalue weighted by Crippen LogP contribution is 2.40. The zero-order chi connectivity index (χ0) is 33.0. The second-order valence-corrected chi connectivity index (χ2v) is 12.4.